The van der Waals surface area contributed by atoms with Crippen molar-refractivity contribution in [2.24, 2.45) is 0 Å². The van der Waals surface area contributed by atoms with Gasteiger partial charge >= 0.3 is 0 Å². The fraction of sp³-hybridized carbons (Fsp3) is 0.250. The van der Waals surface area contributed by atoms with Gasteiger partial charge in [0.2, 0.25) is 5.82 Å². The first-order valence-electron chi connectivity index (χ1n) is 5.82. The molecule has 1 fully saturated rings. The van der Waals surface area contributed by atoms with E-state index < -0.39 is 0 Å². The molecule has 0 saturated heterocycles. The first-order chi connectivity index (χ1) is 9.13. The quantitative estimate of drug-likeness (QED) is 0.793. The van der Waals surface area contributed by atoms with Crippen molar-refractivity contribution in [2.75, 3.05) is 5.32 Å². The number of H-pyrrole nitrogens is 1. The fourth-order valence-electron chi connectivity index (χ4n) is 1.68. The van der Waals surface area contributed by atoms with Gasteiger partial charge in [-0.3, -0.25) is 9.89 Å². The monoisotopic (exact) mass is 388 g/mol. The Morgan fingerprint density at radius 3 is 2.95 bits per heavy atom. The van der Waals surface area contributed by atoms with E-state index in [1.54, 1.807) is 12.1 Å². The van der Waals surface area contributed by atoms with E-state index in [2.05, 4.69) is 43.1 Å². The predicted molar refractivity (Wildman–Crippen MR) is 80.5 cm³/mol. The minimum atomic E-state index is -0.355. The Bertz CT molecular complexity index is 638. The molecule has 1 aliphatic carbocycles. The minimum Gasteiger partial charge on any atom is -0.318 e. The lowest BCUT2D eigenvalue weighted by Gasteiger charge is -2.05. The summed E-state index contributed by atoms with van der Waals surface area (Å²) in [6.07, 6.45) is 2.22. The van der Waals surface area contributed by atoms with Crippen molar-refractivity contribution in [3.63, 3.8) is 0 Å². The zero-order chi connectivity index (χ0) is 13.4. The van der Waals surface area contributed by atoms with Gasteiger partial charge in [0.15, 0.2) is 0 Å². The molecule has 2 aromatic rings. The van der Waals surface area contributed by atoms with Crippen LogP contribution in [0, 0.1) is 3.57 Å². The first kappa shape index (κ1) is 12.9. The number of anilines is 1. The molecule has 0 atom stereocenters. The van der Waals surface area contributed by atoms with Crippen molar-refractivity contribution < 1.29 is 4.79 Å². The van der Waals surface area contributed by atoms with E-state index in [1.165, 1.54) is 0 Å². The van der Waals surface area contributed by atoms with Gasteiger partial charge in [-0.25, -0.2) is 4.98 Å². The number of amides is 1. The fourth-order valence-corrected chi connectivity index (χ4v) is 2.59. The molecule has 5 nitrogen and oxygen atoms in total. The molecule has 7 heteroatoms. The summed E-state index contributed by atoms with van der Waals surface area (Å²) in [7, 11) is 0. The topological polar surface area (TPSA) is 70.7 Å². The second-order valence-corrected chi connectivity index (χ2v) is 6.05. The summed E-state index contributed by atoms with van der Waals surface area (Å²) < 4.78 is 1.01. The first-order valence-corrected chi connectivity index (χ1v) is 7.28. The maximum atomic E-state index is 12.0. The van der Waals surface area contributed by atoms with E-state index in [0.717, 1.165) is 22.2 Å². The predicted octanol–water partition coefficient (Wildman–Crippen LogP) is 3.19. The van der Waals surface area contributed by atoms with Crippen LogP contribution in [0.25, 0.3) is 0 Å². The average molecular weight is 389 g/mol. The number of carbonyl (C=O) groups excluding carboxylic acids is 1. The van der Waals surface area contributed by atoms with Gasteiger partial charge in [0, 0.05) is 9.49 Å². The largest absolute Gasteiger partial charge is 0.318 e. The van der Waals surface area contributed by atoms with Crippen LogP contribution in [0.3, 0.4) is 0 Å². The van der Waals surface area contributed by atoms with E-state index >= 15 is 0 Å². The zero-order valence-corrected chi connectivity index (χ0v) is 12.7. The van der Waals surface area contributed by atoms with Gasteiger partial charge in [-0.15, -0.1) is 5.10 Å². The lowest BCUT2D eigenvalue weighted by molar-refractivity contribution is 0.101. The van der Waals surface area contributed by atoms with Gasteiger partial charge in [-0.05, 0) is 53.6 Å². The molecule has 3 rings (SSSR count). The second-order valence-electron chi connectivity index (χ2n) is 4.40. The molecule has 0 spiro atoms. The van der Waals surface area contributed by atoms with Crippen LogP contribution in [0.1, 0.15) is 35.2 Å². The van der Waals surface area contributed by atoms with Crippen LogP contribution in [-0.4, -0.2) is 21.1 Å². The van der Waals surface area contributed by atoms with Crippen molar-refractivity contribution in [3.8, 4) is 0 Å². The molecule has 1 amide bonds. The number of benzene rings is 1. The molecular formula is C12H10ClIN4O. The van der Waals surface area contributed by atoms with Crippen LogP contribution < -0.4 is 5.32 Å². The highest BCUT2D eigenvalue weighted by Gasteiger charge is 2.28. The van der Waals surface area contributed by atoms with Crippen molar-refractivity contribution in [3.05, 3.63) is 38.4 Å². The van der Waals surface area contributed by atoms with E-state index in [9.17, 15) is 4.79 Å². The average Bonchev–Trinajstić information content (AvgIpc) is 3.10. The molecule has 2 N–H and O–H groups in total. The van der Waals surface area contributed by atoms with Gasteiger partial charge in [-0.1, -0.05) is 11.6 Å². The number of hydrogen-bond acceptors (Lipinski definition) is 3. The van der Waals surface area contributed by atoms with Crippen molar-refractivity contribution in [2.45, 2.75) is 18.8 Å². The summed E-state index contributed by atoms with van der Waals surface area (Å²) in [5.41, 5.74) is 0.560. The third kappa shape index (κ3) is 2.89. The van der Waals surface area contributed by atoms with Crippen LogP contribution in [-0.2, 0) is 0 Å². The lowest BCUT2D eigenvalue weighted by atomic mass is 10.3. The van der Waals surface area contributed by atoms with Crippen molar-refractivity contribution >= 4 is 45.8 Å². The van der Waals surface area contributed by atoms with Gasteiger partial charge in [0.05, 0.1) is 10.7 Å². The summed E-state index contributed by atoms with van der Waals surface area (Å²) in [4.78, 5) is 16.2. The van der Waals surface area contributed by atoms with Gasteiger partial charge in [0.25, 0.3) is 5.91 Å². The van der Waals surface area contributed by atoms with Gasteiger partial charge < -0.3 is 5.32 Å². The summed E-state index contributed by atoms with van der Waals surface area (Å²) in [5, 5.41) is 9.94. The second kappa shape index (κ2) is 5.09. The number of rotatable bonds is 3. The number of halogens is 2. The Balaban J connectivity index is 1.76. The standard InChI is InChI=1S/C12H10ClIN4O/c13-8-5-7(14)3-4-9(8)15-12(19)11-16-10(17-18-11)6-1-2-6/h3-6H,1-2H2,(H,15,19)(H,16,17,18). The smallest absolute Gasteiger partial charge is 0.295 e. The van der Waals surface area contributed by atoms with Crippen LogP contribution in [0.4, 0.5) is 5.69 Å². The number of nitrogens with zero attached hydrogens (tertiary/aromatic N) is 2. The maximum absolute atomic E-state index is 12.0. The molecule has 1 heterocycles. The lowest BCUT2D eigenvalue weighted by Crippen LogP contribution is -2.14. The number of carbonyl (C=O) groups is 1. The van der Waals surface area contributed by atoms with Crippen LogP contribution in [0.5, 0.6) is 0 Å². The molecule has 1 aromatic heterocycles. The number of aromatic amines is 1. The van der Waals surface area contributed by atoms with Gasteiger partial charge in [0.1, 0.15) is 5.82 Å². The molecule has 0 radical (unpaired) electrons. The Morgan fingerprint density at radius 1 is 1.47 bits per heavy atom. The summed E-state index contributed by atoms with van der Waals surface area (Å²) in [5.74, 6) is 1.03. The number of aromatic nitrogens is 3. The van der Waals surface area contributed by atoms with E-state index in [-0.39, 0.29) is 11.7 Å². The molecule has 19 heavy (non-hydrogen) atoms. The van der Waals surface area contributed by atoms with Crippen LogP contribution in [0.15, 0.2) is 18.2 Å². The summed E-state index contributed by atoms with van der Waals surface area (Å²) >= 11 is 8.22. The molecule has 0 aliphatic heterocycles. The summed E-state index contributed by atoms with van der Waals surface area (Å²) in [6, 6.07) is 5.41. The zero-order valence-electron chi connectivity index (χ0n) is 9.78. The Kier molecular flexibility index (Phi) is 3.44. The minimum absolute atomic E-state index is 0.150. The molecule has 1 saturated carbocycles. The van der Waals surface area contributed by atoms with E-state index in [1.807, 2.05) is 6.07 Å². The molecule has 98 valence electrons. The number of hydrogen-bond donors (Lipinski definition) is 2. The molecule has 1 aromatic carbocycles. The SMILES string of the molecule is O=C(Nc1ccc(I)cc1Cl)c1n[nH]c(C2CC2)n1. The van der Waals surface area contributed by atoms with Crippen LogP contribution in [0.2, 0.25) is 5.02 Å². The maximum Gasteiger partial charge on any atom is 0.295 e. The van der Waals surface area contributed by atoms with E-state index in [4.69, 9.17) is 11.6 Å². The Hall–Kier alpha value is -1.15. The molecule has 0 bridgehead atoms. The van der Waals surface area contributed by atoms with Gasteiger partial charge in [-0.2, -0.15) is 0 Å². The highest BCUT2D eigenvalue weighted by molar-refractivity contribution is 14.1. The van der Waals surface area contributed by atoms with E-state index in [0.29, 0.717) is 16.6 Å². The molecule has 0 unspecified atom stereocenters. The Morgan fingerprint density at radius 2 is 2.26 bits per heavy atom. The highest BCUT2D eigenvalue weighted by Crippen LogP contribution is 2.37. The number of nitrogens with one attached hydrogen (secondary N) is 2. The molecule has 1 aliphatic rings. The van der Waals surface area contributed by atoms with Crippen molar-refractivity contribution in [1.82, 2.24) is 15.2 Å². The Labute approximate surface area is 128 Å². The third-order valence-corrected chi connectivity index (χ3v) is 3.83. The highest BCUT2D eigenvalue weighted by atomic mass is 127. The molecular weight excluding hydrogens is 379 g/mol. The van der Waals surface area contributed by atoms with Crippen molar-refractivity contribution in [1.29, 1.82) is 0 Å². The summed E-state index contributed by atoms with van der Waals surface area (Å²) in [6.45, 7) is 0. The van der Waals surface area contributed by atoms with Crippen LogP contribution >= 0.6 is 34.2 Å². The normalized spacial score (nSPS) is 14.4. The third-order valence-electron chi connectivity index (χ3n) is 2.85.